The number of ether oxygens (including phenoxy) is 4. The number of hydrogen-bond acceptors (Lipinski definition) is 18. The third-order valence-electron chi connectivity index (χ3n) is 11.5. The van der Waals surface area contributed by atoms with Crippen molar-refractivity contribution in [3.63, 3.8) is 0 Å². The Labute approximate surface area is 393 Å². The average molecular weight is 1000 g/mol. The molecule has 5 aromatic rings. The first-order chi connectivity index (χ1) is 32.8. The molecule has 0 aliphatic carbocycles. The monoisotopic (exact) mass is 1000 g/mol. The molecular formula is C43H52FN7O14P2S. The molecule has 0 saturated carbocycles. The van der Waals surface area contributed by atoms with Crippen molar-refractivity contribution in [2.75, 3.05) is 25.6 Å². The minimum absolute atomic E-state index is 0.0392. The van der Waals surface area contributed by atoms with Gasteiger partial charge in [-0.15, -0.1) is 0 Å². The number of anilines is 1. The van der Waals surface area contributed by atoms with Gasteiger partial charge in [-0.3, -0.25) is 37.0 Å². The van der Waals surface area contributed by atoms with Gasteiger partial charge >= 0.3 is 26.3 Å². The molecular weight excluding hydrogens is 952 g/mol. The second-order valence-corrected chi connectivity index (χ2v) is 21.8. The molecule has 9 atom stereocenters. The first kappa shape index (κ1) is 49.6. The largest absolute Gasteiger partial charge is 0.494 e. The molecule has 8 rings (SSSR count). The highest BCUT2D eigenvalue weighted by molar-refractivity contribution is 8.54. The Balaban J connectivity index is 0.941. The number of unbranched alkanes of at least 4 members (excludes halogenated alkanes) is 7. The fraction of sp³-hybridized carbons (Fsp3) is 0.488. The third-order valence-corrected chi connectivity index (χ3v) is 16.1. The van der Waals surface area contributed by atoms with Crippen LogP contribution in [0.4, 0.5) is 10.2 Å². The minimum Gasteiger partial charge on any atom is -0.494 e. The minimum atomic E-state index is -4.96. The quantitative estimate of drug-likeness (QED) is 0.0360. The fourth-order valence-electron chi connectivity index (χ4n) is 7.89. The summed E-state index contributed by atoms with van der Waals surface area (Å²) in [5, 5.41) is 0. The van der Waals surface area contributed by atoms with Crippen LogP contribution in [0.5, 0.6) is 11.5 Å². The molecule has 2 aromatic carbocycles. The summed E-state index contributed by atoms with van der Waals surface area (Å²) in [5.41, 5.74) is 5.68. The topological polar surface area (TPSA) is 270 Å². The van der Waals surface area contributed by atoms with Crippen molar-refractivity contribution in [3.8, 4) is 11.5 Å². The highest BCUT2D eigenvalue weighted by Gasteiger charge is 2.53. The van der Waals surface area contributed by atoms with Crippen LogP contribution in [-0.2, 0) is 42.5 Å². The Morgan fingerprint density at radius 1 is 0.882 bits per heavy atom. The van der Waals surface area contributed by atoms with Gasteiger partial charge < -0.3 is 29.6 Å². The lowest BCUT2D eigenvalue weighted by Gasteiger charge is -2.29. The van der Waals surface area contributed by atoms with Gasteiger partial charge in [0.15, 0.2) is 23.9 Å². The van der Waals surface area contributed by atoms with Crippen LogP contribution in [0.2, 0.25) is 0 Å². The van der Waals surface area contributed by atoms with Crippen molar-refractivity contribution >= 4 is 49.0 Å². The number of alkyl halides is 1. The zero-order valence-electron chi connectivity index (χ0n) is 36.9. The van der Waals surface area contributed by atoms with Crippen molar-refractivity contribution in [2.24, 2.45) is 0 Å². The Kier molecular flexibility index (Phi) is 16.3. The summed E-state index contributed by atoms with van der Waals surface area (Å²) < 4.78 is 93.4. The van der Waals surface area contributed by atoms with Crippen LogP contribution in [0.25, 0.3) is 11.2 Å². The average Bonchev–Trinajstić information content (AvgIpc) is 4.02. The van der Waals surface area contributed by atoms with Crippen LogP contribution in [-0.4, -0.2) is 90.3 Å². The van der Waals surface area contributed by atoms with Gasteiger partial charge in [0.1, 0.15) is 54.0 Å². The summed E-state index contributed by atoms with van der Waals surface area (Å²) >= 11 is 0.689. The number of benzene rings is 2. The normalized spacial score (nSPS) is 27.5. The summed E-state index contributed by atoms with van der Waals surface area (Å²) in [6.07, 6.45) is 2.46. The fourth-order valence-corrected chi connectivity index (χ4v) is 12.2. The predicted molar refractivity (Wildman–Crippen MR) is 245 cm³/mol. The van der Waals surface area contributed by atoms with E-state index < -0.39 is 88.1 Å². The van der Waals surface area contributed by atoms with E-state index in [9.17, 15) is 28.4 Å². The Bertz CT molecular complexity index is 2730. The van der Waals surface area contributed by atoms with Gasteiger partial charge in [0.2, 0.25) is 0 Å². The second-order valence-electron chi connectivity index (χ2n) is 16.4. The first-order valence-electron chi connectivity index (χ1n) is 22.2. The Morgan fingerprint density at radius 3 is 2.35 bits per heavy atom. The molecule has 3 aliphatic rings. The van der Waals surface area contributed by atoms with E-state index >= 15 is 4.39 Å². The van der Waals surface area contributed by atoms with Crippen molar-refractivity contribution in [2.45, 2.75) is 114 Å². The van der Waals surface area contributed by atoms with Crippen molar-refractivity contribution < 1.29 is 60.3 Å². The van der Waals surface area contributed by atoms with E-state index in [1.807, 2.05) is 4.98 Å². The van der Waals surface area contributed by atoms with Gasteiger partial charge in [0.05, 0.1) is 31.7 Å². The van der Waals surface area contributed by atoms with E-state index in [0.29, 0.717) is 40.5 Å². The van der Waals surface area contributed by atoms with Gasteiger partial charge in [-0.05, 0) is 59.8 Å². The van der Waals surface area contributed by atoms with E-state index in [1.54, 1.807) is 48.5 Å². The number of aromatic nitrogens is 6. The molecule has 3 fully saturated rings. The van der Waals surface area contributed by atoms with E-state index in [4.69, 9.17) is 42.8 Å². The van der Waals surface area contributed by atoms with Crippen molar-refractivity contribution in [1.82, 2.24) is 29.1 Å². The van der Waals surface area contributed by atoms with Gasteiger partial charge in [-0.2, -0.15) is 0 Å². The number of nitrogen functional groups attached to an aromatic ring is 1. The molecule has 0 bridgehead atoms. The molecule has 0 spiro atoms. The predicted octanol–water partition coefficient (Wildman–Crippen LogP) is 7.18. The molecule has 3 aromatic heterocycles. The number of phosphoric acid groups is 1. The molecule has 25 heteroatoms. The van der Waals surface area contributed by atoms with Gasteiger partial charge in [-0.1, -0.05) is 64.0 Å². The molecule has 6 heterocycles. The molecule has 3 aliphatic heterocycles. The molecule has 4 N–H and O–H groups in total. The number of aromatic amines is 1. The number of nitrogens with two attached hydrogens (primary N) is 1. The van der Waals surface area contributed by atoms with E-state index in [0.717, 1.165) is 29.7 Å². The maximum absolute atomic E-state index is 16.5. The second kappa shape index (κ2) is 22.3. The summed E-state index contributed by atoms with van der Waals surface area (Å²) in [6, 6.07) is 14.0. The molecule has 2 unspecified atom stereocenters. The van der Waals surface area contributed by atoms with Crippen LogP contribution < -0.4 is 26.5 Å². The number of carbonyl (C=O) groups is 1. The van der Waals surface area contributed by atoms with Gasteiger partial charge in [-0.25, -0.2) is 38.1 Å². The van der Waals surface area contributed by atoms with Crippen LogP contribution in [0, 0.1) is 0 Å². The number of imidazole rings is 1. The number of nitrogens with one attached hydrogen (secondary N) is 1. The first-order valence-corrected chi connectivity index (χ1v) is 26.9. The lowest BCUT2D eigenvalue weighted by molar-refractivity contribution is -0.0619. The zero-order valence-corrected chi connectivity index (χ0v) is 39.5. The lowest BCUT2D eigenvalue weighted by Crippen LogP contribution is -2.37. The van der Waals surface area contributed by atoms with Crippen LogP contribution in [0.3, 0.4) is 0 Å². The zero-order chi connectivity index (χ0) is 47.8. The Hall–Kier alpha value is -4.80. The lowest BCUT2D eigenvalue weighted by atomic mass is 10.1. The standard InChI is InChI=1S/C43H52FN7O14P2S/c1-2-3-4-5-6-7-8-9-20-58-29-16-12-28(13-17-29)42(53)61-30-14-10-27(11-15-30)24-68-67(57)60-22-32-31(21-35(62-32)51-26-48-37-39(45)46-25-47-40(37)51)64-66(55,56)59-23-33-38(65-67)36(44)41(63-33)50-19-18-34(52)49-43(50)54/h10-19,25-26,31-33,35-36,38,41H,2-9,20-24H2,1H3,(H,55,56)(H2,45,46,47)(H,49,52,54)/t31-,32+,33+,35+,36+,38+,41+,67?/m0/s1. The summed E-state index contributed by atoms with van der Waals surface area (Å²) in [7, 11) is -4.96. The number of halogens is 1. The molecule has 21 nitrogen and oxygen atoms in total. The molecule has 366 valence electrons. The number of H-pyrrole nitrogens is 1. The molecule has 0 amide bonds. The number of phosphoric ester groups is 1. The molecule has 3 saturated heterocycles. The Morgan fingerprint density at radius 2 is 1.60 bits per heavy atom. The van der Waals surface area contributed by atoms with Crippen LogP contribution in [0.1, 0.15) is 93.1 Å². The van der Waals surface area contributed by atoms with E-state index in [-0.39, 0.29) is 29.3 Å². The maximum atomic E-state index is 16.5. The van der Waals surface area contributed by atoms with Crippen molar-refractivity contribution in [1.29, 1.82) is 0 Å². The number of rotatable bonds is 17. The summed E-state index contributed by atoms with van der Waals surface area (Å²) in [6.45, 7) is -3.09. The number of fused-ring (bicyclic) bond motifs is 3. The van der Waals surface area contributed by atoms with Gasteiger partial charge in [0.25, 0.3) is 5.56 Å². The van der Waals surface area contributed by atoms with Gasteiger partial charge in [0, 0.05) is 24.4 Å². The van der Waals surface area contributed by atoms with E-state index in [1.165, 1.54) is 55.7 Å². The van der Waals surface area contributed by atoms with E-state index in [2.05, 4.69) is 21.9 Å². The van der Waals surface area contributed by atoms with Crippen LogP contribution in [0.15, 0.2) is 83.0 Å². The summed E-state index contributed by atoms with van der Waals surface area (Å²) in [4.78, 5) is 62.8. The SMILES string of the molecule is CCCCCCCCCCOc1ccc(C(=O)Oc2ccc(CSP3(=O)OC[C@H]4O[C@@H](n5cnc6c(N)ncnc65)C[C@@H]4OP(=O)(O)OC[C@H]4O[C@@H](n5ccc(=O)[nH]c5=O)[C@H](F)[C@@H]4O3)cc2)cc1. The summed E-state index contributed by atoms with van der Waals surface area (Å²) in [5.74, 6) is 0.376. The smallest absolute Gasteiger partial charge is 0.472 e. The number of esters is 1. The number of carbonyl (C=O) groups excluding carboxylic acids is 1. The molecule has 68 heavy (non-hydrogen) atoms. The highest BCUT2D eigenvalue weighted by atomic mass is 32.7. The molecule has 0 radical (unpaired) electrons. The van der Waals surface area contributed by atoms with Crippen LogP contribution >= 0.6 is 26.0 Å². The maximum Gasteiger partial charge on any atom is 0.472 e. The highest BCUT2D eigenvalue weighted by Crippen LogP contribution is 2.65. The number of hydrogen-bond donors (Lipinski definition) is 3. The number of nitrogens with zero attached hydrogens (tertiary/aromatic N) is 5. The van der Waals surface area contributed by atoms with Crippen molar-refractivity contribution in [3.05, 3.63) is 105 Å². The third kappa shape index (κ3) is 12.3.